The number of rotatable bonds is 4. The first kappa shape index (κ1) is 17.4. The van der Waals surface area contributed by atoms with Gasteiger partial charge in [-0.1, -0.05) is 0 Å². The van der Waals surface area contributed by atoms with E-state index in [2.05, 4.69) is 5.32 Å². The van der Waals surface area contributed by atoms with Crippen molar-refractivity contribution in [1.82, 2.24) is 9.62 Å². The summed E-state index contributed by atoms with van der Waals surface area (Å²) in [5.41, 5.74) is 0. The minimum Gasteiger partial charge on any atom is -0.373 e. The molecule has 1 N–H and O–H groups in total. The van der Waals surface area contributed by atoms with Crippen molar-refractivity contribution in [2.45, 2.75) is 44.8 Å². The predicted molar refractivity (Wildman–Crippen MR) is 85.8 cm³/mol. The molecule has 1 fully saturated rings. The van der Waals surface area contributed by atoms with Gasteiger partial charge in [0.05, 0.1) is 22.0 Å². The number of carbonyl (C=O) groups is 1. The van der Waals surface area contributed by atoms with Gasteiger partial charge in [0, 0.05) is 24.5 Å². The fourth-order valence-corrected chi connectivity index (χ4v) is 5.61. The van der Waals surface area contributed by atoms with Crippen molar-refractivity contribution in [1.29, 1.82) is 0 Å². The Morgan fingerprint density at radius 3 is 2.55 bits per heavy atom. The van der Waals surface area contributed by atoms with Crippen molar-refractivity contribution < 1.29 is 17.9 Å². The predicted octanol–water partition coefficient (Wildman–Crippen LogP) is 1.60. The average molecular weight is 346 g/mol. The Morgan fingerprint density at radius 1 is 1.41 bits per heavy atom. The second-order valence-corrected chi connectivity index (χ2v) is 8.63. The molecule has 0 spiro atoms. The lowest BCUT2D eigenvalue weighted by Gasteiger charge is -2.34. The Labute approximate surface area is 135 Å². The molecular weight excluding hydrogens is 324 g/mol. The molecule has 1 aliphatic heterocycles. The first-order valence-electron chi connectivity index (χ1n) is 7.30. The number of nitrogens with one attached hydrogen (secondary N) is 1. The number of thiophene rings is 1. The average Bonchev–Trinajstić information content (AvgIpc) is 2.81. The van der Waals surface area contributed by atoms with Crippen LogP contribution in [0.2, 0.25) is 0 Å². The van der Waals surface area contributed by atoms with Crippen molar-refractivity contribution in [2.75, 3.05) is 19.6 Å². The number of amides is 1. The maximum absolute atomic E-state index is 12.8. The molecule has 0 saturated carbocycles. The zero-order chi connectivity index (χ0) is 16.5. The van der Waals surface area contributed by atoms with Gasteiger partial charge in [-0.2, -0.15) is 4.31 Å². The Balaban J connectivity index is 2.31. The van der Waals surface area contributed by atoms with E-state index >= 15 is 0 Å². The third kappa shape index (κ3) is 3.51. The van der Waals surface area contributed by atoms with Crippen LogP contribution in [0.25, 0.3) is 0 Å². The third-order valence-electron chi connectivity index (χ3n) is 3.44. The third-order valence-corrected chi connectivity index (χ3v) is 6.57. The lowest BCUT2D eigenvalue weighted by Crippen LogP contribution is -2.48. The van der Waals surface area contributed by atoms with Crippen LogP contribution < -0.4 is 5.32 Å². The standard InChI is InChI=1S/C14H22N2O4S2/c1-5-15-14(17)12-6-13(11(4)21-12)22(18,19)16-7-9(2)20-10(3)8-16/h6,9-10H,5,7-8H2,1-4H3,(H,15,17)/t9-,10-/m0/s1. The van der Waals surface area contributed by atoms with Gasteiger partial charge in [-0.25, -0.2) is 8.42 Å². The van der Waals surface area contributed by atoms with Gasteiger partial charge in [0.2, 0.25) is 10.0 Å². The first-order chi connectivity index (χ1) is 10.3. The van der Waals surface area contributed by atoms with Crippen LogP contribution in [0.15, 0.2) is 11.0 Å². The number of aryl methyl sites for hydroxylation is 1. The van der Waals surface area contributed by atoms with Crippen molar-refractivity contribution in [3.63, 3.8) is 0 Å². The molecule has 6 nitrogen and oxygen atoms in total. The summed E-state index contributed by atoms with van der Waals surface area (Å²) in [5, 5.41) is 2.69. The van der Waals surface area contributed by atoms with Crippen LogP contribution in [-0.4, -0.2) is 50.5 Å². The smallest absolute Gasteiger partial charge is 0.261 e. The van der Waals surface area contributed by atoms with Crippen LogP contribution in [-0.2, 0) is 14.8 Å². The van der Waals surface area contributed by atoms with Gasteiger partial charge >= 0.3 is 0 Å². The normalized spacial score (nSPS) is 23.5. The van der Waals surface area contributed by atoms with E-state index in [1.807, 2.05) is 20.8 Å². The van der Waals surface area contributed by atoms with Gasteiger partial charge in [-0.05, 0) is 33.8 Å². The van der Waals surface area contributed by atoms with E-state index in [-0.39, 0.29) is 23.0 Å². The molecule has 2 heterocycles. The Morgan fingerprint density at radius 2 is 2.00 bits per heavy atom. The summed E-state index contributed by atoms with van der Waals surface area (Å²) >= 11 is 1.21. The molecule has 1 aromatic rings. The van der Waals surface area contributed by atoms with Crippen molar-refractivity contribution in [3.8, 4) is 0 Å². The van der Waals surface area contributed by atoms with Gasteiger partial charge in [0.1, 0.15) is 0 Å². The molecule has 22 heavy (non-hydrogen) atoms. The Bertz CT molecular complexity index is 644. The highest BCUT2D eigenvalue weighted by atomic mass is 32.2. The summed E-state index contributed by atoms with van der Waals surface area (Å²) in [4.78, 5) is 13.2. The molecule has 1 aliphatic rings. The van der Waals surface area contributed by atoms with Crippen LogP contribution in [0.4, 0.5) is 0 Å². The molecule has 0 radical (unpaired) electrons. The number of carbonyl (C=O) groups excluding carboxylic acids is 1. The number of sulfonamides is 1. The number of hydrogen-bond donors (Lipinski definition) is 1. The van der Waals surface area contributed by atoms with Crippen molar-refractivity contribution in [2.24, 2.45) is 0 Å². The zero-order valence-electron chi connectivity index (χ0n) is 13.3. The SMILES string of the molecule is CCNC(=O)c1cc(S(=O)(=O)N2C[C@H](C)O[C@@H](C)C2)c(C)s1. The second-order valence-electron chi connectivity index (χ2n) is 5.47. The highest BCUT2D eigenvalue weighted by molar-refractivity contribution is 7.89. The lowest BCUT2D eigenvalue weighted by atomic mass is 10.3. The maximum atomic E-state index is 12.8. The summed E-state index contributed by atoms with van der Waals surface area (Å²) in [6, 6.07) is 1.48. The molecule has 8 heteroatoms. The van der Waals surface area contributed by atoms with E-state index in [0.717, 1.165) is 0 Å². The van der Waals surface area contributed by atoms with Crippen LogP contribution >= 0.6 is 11.3 Å². The largest absolute Gasteiger partial charge is 0.373 e. The molecule has 2 rings (SSSR count). The van der Waals surface area contributed by atoms with Crippen LogP contribution in [0, 0.1) is 6.92 Å². The number of morpholine rings is 1. The van der Waals surface area contributed by atoms with Gasteiger partial charge in [0.15, 0.2) is 0 Å². The highest BCUT2D eigenvalue weighted by Crippen LogP contribution is 2.29. The summed E-state index contributed by atoms with van der Waals surface area (Å²) in [6.45, 7) is 8.45. The highest BCUT2D eigenvalue weighted by Gasteiger charge is 2.34. The molecule has 0 bridgehead atoms. The molecule has 1 amide bonds. The fraction of sp³-hybridized carbons (Fsp3) is 0.643. The summed E-state index contributed by atoms with van der Waals surface area (Å²) in [5.74, 6) is -0.235. The summed E-state index contributed by atoms with van der Waals surface area (Å²) in [7, 11) is -3.60. The lowest BCUT2D eigenvalue weighted by molar-refractivity contribution is -0.0440. The van der Waals surface area contributed by atoms with Gasteiger partial charge in [-0.15, -0.1) is 11.3 Å². The van der Waals surface area contributed by atoms with Crippen LogP contribution in [0.1, 0.15) is 35.3 Å². The first-order valence-corrected chi connectivity index (χ1v) is 9.55. The Hall–Kier alpha value is -0.960. The monoisotopic (exact) mass is 346 g/mol. The molecule has 0 unspecified atom stereocenters. The van der Waals surface area contributed by atoms with E-state index in [0.29, 0.717) is 29.4 Å². The minimum absolute atomic E-state index is 0.139. The second kappa shape index (κ2) is 6.66. The van der Waals surface area contributed by atoms with Gasteiger partial charge in [0.25, 0.3) is 5.91 Å². The topological polar surface area (TPSA) is 75.7 Å². The fourth-order valence-electron chi connectivity index (χ4n) is 2.55. The maximum Gasteiger partial charge on any atom is 0.261 e. The molecule has 0 aromatic carbocycles. The number of ether oxygens (including phenoxy) is 1. The van der Waals surface area contributed by atoms with E-state index in [1.54, 1.807) is 6.92 Å². The van der Waals surface area contributed by atoms with Crippen LogP contribution in [0.5, 0.6) is 0 Å². The molecule has 0 aliphatic carbocycles. The van der Waals surface area contributed by atoms with E-state index in [4.69, 9.17) is 4.74 Å². The Kier molecular flexibility index (Phi) is 5.26. The zero-order valence-corrected chi connectivity index (χ0v) is 14.9. The van der Waals surface area contributed by atoms with E-state index < -0.39 is 10.0 Å². The van der Waals surface area contributed by atoms with Gasteiger partial charge in [-0.3, -0.25) is 4.79 Å². The molecule has 2 atom stereocenters. The van der Waals surface area contributed by atoms with E-state index in [9.17, 15) is 13.2 Å². The molecule has 1 aromatic heterocycles. The van der Waals surface area contributed by atoms with Gasteiger partial charge < -0.3 is 10.1 Å². The summed E-state index contributed by atoms with van der Waals surface area (Å²) in [6.07, 6.45) is -0.277. The molecule has 124 valence electrons. The molecular formula is C14H22N2O4S2. The van der Waals surface area contributed by atoms with E-state index in [1.165, 1.54) is 21.7 Å². The summed E-state index contributed by atoms with van der Waals surface area (Å²) < 4.78 is 32.7. The van der Waals surface area contributed by atoms with Crippen LogP contribution in [0.3, 0.4) is 0 Å². The number of nitrogens with zero attached hydrogens (tertiary/aromatic N) is 1. The number of hydrogen-bond acceptors (Lipinski definition) is 5. The van der Waals surface area contributed by atoms with Crippen molar-refractivity contribution in [3.05, 3.63) is 15.8 Å². The minimum atomic E-state index is -3.60. The molecule has 1 saturated heterocycles. The van der Waals surface area contributed by atoms with Crippen molar-refractivity contribution >= 4 is 27.3 Å². The quantitative estimate of drug-likeness (QED) is 0.898.